The summed E-state index contributed by atoms with van der Waals surface area (Å²) >= 11 is 10.1. The highest BCUT2D eigenvalue weighted by Gasteiger charge is 2.07. The number of ether oxygens (including phenoxy) is 1. The first kappa shape index (κ1) is 13.0. The van der Waals surface area contributed by atoms with Crippen LogP contribution in [0.15, 0.2) is 0 Å². The molecule has 0 amide bonds. The summed E-state index contributed by atoms with van der Waals surface area (Å²) in [4.78, 5) is 0. The van der Waals surface area contributed by atoms with Gasteiger partial charge in [0.05, 0.1) is 0 Å². The summed E-state index contributed by atoms with van der Waals surface area (Å²) in [5.41, 5.74) is 0. The van der Waals surface area contributed by atoms with Crippen LogP contribution < -0.4 is 0 Å². The molecule has 0 fully saturated rings. The van der Waals surface area contributed by atoms with Crippen LogP contribution >= 0.6 is 24.4 Å². The predicted octanol–water partition coefficient (Wildman–Crippen LogP) is 3.75. The first-order chi connectivity index (χ1) is 5.91. The van der Waals surface area contributed by atoms with Gasteiger partial charge in [0.25, 0.3) is 0 Å². The van der Waals surface area contributed by atoms with E-state index in [4.69, 9.17) is 29.2 Å². The van der Waals surface area contributed by atoms with Crippen molar-refractivity contribution in [3.63, 3.8) is 0 Å². The Morgan fingerprint density at radius 3 is 1.46 bits per heavy atom. The molecule has 1 nitrogen and oxygen atoms in total. The first-order valence-electron chi connectivity index (χ1n) is 4.65. The molecule has 0 heterocycles. The summed E-state index contributed by atoms with van der Waals surface area (Å²) in [6.45, 7) is 8.45. The van der Waals surface area contributed by atoms with E-state index in [9.17, 15) is 0 Å². The fourth-order valence-corrected chi connectivity index (χ4v) is 1.80. The molecule has 3 heteroatoms. The highest BCUT2D eigenvalue weighted by atomic mass is 32.1. The summed E-state index contributed by atoms with van der Waals surface area (Å²) in [5.74, 6) is 1.07. The monoisotopic (exact) mass is 218 g/mol. The second kappa shape index (κ2) is 6.44. The van der Waals surface area contributed by atoms with Crippen molar-refractivity contribution in [2.45, 2.75) is 40.5 Å². The SMILES string of the molecule is CC(C)CC(=S)OC(=S)CC(C)C. The Hall–Kier alpha value is -0.0200. The van der Waals surface area contributed by atoms with E-state index in [-0.39, 0.29) is 0 Å². The van der Waals surface area contributed by atoms with Gasteiger partial charge in [-0.2, -0.15) is 0 Å². The first-order valence-corrected chi connectivity index (χ1v) is 5.47. The Morgan fingerprint density at radius 2 is 1.23 bits per heavy atom. The van der Waals surface area contributed by atoms with Crippen molar-refractivity contribution in [2.24, 2.45) is 11.8 Å². The van der Waals surface area contributed by atoms with Crippen LogP contribution in [0.5, 0.6) is 0 Å². The zero-order valence-electron chi connectivity index (χ0n) is 8.79. The molecule has 0 aliphatic carbocycles. The van der Waals surface area contributed by atoms with E-state index in [1.807, 2.05) is 0 Å². The summed E-state index contributed by atoms with van der Waals surface area (Å²) in [6.07, 6.45) is 1.63. The van der Waals surface area contributed by atoms with E-state index in [1.54, 1.807) is 0 Å². The standard InChI is InChI=1S/C10H18OS2/c1-7(2)5-9(12)11-10(13)6-8(3)4/h7-8H,5-6H2,1-4H3. The smallest absolute Gasteiger partial charge is 0.168 e. The summed E-state index contributed by atoms with van der Waals surface area (Å²) in [5, 5.41) is 1.25. The average Bonchev–Trinajstić information content (AvgIpc) is 1.80. The van der Waals surface area contributed by atoms with Gasteiger partial charge >= 0.3 is 0 Å². The molecular weight excluding hydrogens is 200 g/mol. The molecule has 0 aromatic heterocycles. The second-order valence-corrected chi connectivity index (χ2v) is 4.95. The van der Waals surface area contributed by atoms with Crippen LogP contribution in [0.25, 0.3) is 0 Å². The van der Waals surface area contributed by atoms with Crippen molar-refractivity contribution in [1.29, 1.82) is 0 Å². The van der Waals surface area contributed by atoms with Gasteiger partial charge in [0.15, 0.2) is 10.1 Å². The van der Waals surface area contributed by atoms with Crippen molar-refractivity contribution in [2.75, 3.05) is 0 Å². The van der Waals surface area contributed by atoms with E-state index in [0.717, 1.165) is 12.8 Å². The lowest BCUT2D eigenvalue weighted by molar-refractivity contribution is 0.496. The minimum absolute atomic E-state index is 0.536. The Balaban J connectivity index is 3.72. The van der Waals surface area contributed by atoms with Gasteiger partial charge in [-0.3, -0.25) is 0 Å². The molecule has 13 heavy (non-hydrogen) atoms. The number of thiocarbonyl (C=S) groups is 2. The minimum Gasteiger partial charge on any atom is -0.443 e. The second-order valence-electron chi connectivity index (χ2n) is 4.04. The molecule has 0 atom stereocenters. The van der Waals surface area contributed by atoms with Crippen LogP contribution in [0, 0.1) is 11.8 Å². The van der Waals surface area contributed by atoms with Crippen LogP contribution in [-0.2, 0) is 4.74 Å². The highest BCUT2D eigenvalue weighted by molar-refractivity contribution is 7.81. The Labute approximate surface area is 91.9 Å². The molecule has 0 aromatic rings. The van der Waals surface area contributed by atoms with E-state index < -0.39 is 0 Å². The van der Waals surface area contributed by atoms with Crippen LogP contribution in [0.3, 0.4) is 0 Å². The van der Waals surface area contributed by atoms with Gasteiger partial charge in [0.2, 0.25) is 0 Å². The third kappa shape index (κ3) is 8.31. The summed E-state index contributed by atoms with van der Waals surface area (Å²) < 4.78 is 5.33. The molecule has 0 aromatic carbocycles. The van der Waals surface area contributed by atoms with Gasteiger partial charge in [0.1, 0.15) is 0 Å². The minimum atomic E-state index is 0.536. The zero-order valence-corrected chi connectivity index (χ0v) is 10.4. The molecule has 0 aliphatic rings. The maximum Gasteiger partial charge on any atom is 0.168 e. The van der Waals surface area contributed by atoms with Gasteiger partial charge in [-0.15, -0.1) is 0 Å². The van der Waals surface area contributed by atoms with Crippen molar-refractivity contribution in [1.82, 2.24) is 0 Å². The Kier molecular flexibility index (Phi) is 6.43. The van der Waals surface area contributed by atoms with Gasteiger partial charge in [0, 0.05) is 12.8 Å². The number of hydrogen-bond donors (Lipinski definition) is 0. The van der Waals surface area contributed by atoms with Gasteiger partial charge in [-0.1, -0.05) is 27.7 Å². The quantitative estimate of drug-likeness (QED) is 0.665. The fraction of sp³-hybridized carbons (Fsp3) is 0.800. The van der Waals surface area contributed by atoms with Crippen molar-refractivity contribution < 1.29 is 4.74 Å². The number of rotatable bonds is 4. The van der Waals surface area contributed by atoms with Crippen LogP contribution in [0.1, 0.15) is 40.5 Å². The van der Waals surface area contributed by atoms with Crippen molar-refractivity contribution in [3.8, 4) is 0 Å². The van der Waals surface area contributed by atoms with Crippen LogP contribution in [0.4, 0.5) is 0 Å². The summed E-state index contributed by atoms with van der Waals surface area (Å²) in [6, 6.07) is 0. The van der Waals surface area contributed by atoms with Gasteiger partial charge in [-0.05, 0) is 36.3 Å². The normalized spacial score (nSPS) is 10.6. The predicted molar refractivity (Wildman–Crippen MR) is 65.2 cm³/mol. The van der Waals surface area contributed by atoms with E-state index in [1.165, 1.54) is 0 Å². The molecule has 76 valence electrons. The van der Waals surface area contributed by atoms with E-state index in [2.05, 4.69) is 27.7 Å². The highest BCUT2D eigenvalue weighted by Crippen LogP contribution is 2.08. The topological polar surface area (TPSA) is 9.23 Å². The lowest BCUT2D eigenvalue weighted by Crippen LogP contribution is -2.12. The van der Waals surface area contributed by atoms with Gasteiger partial charge < -0.3 is 4.74 Å². The van der Waals surface area contributed by atoms with Gasteiger partial charge in [-0.25, -0.2) is 0 Å². The van der Waals surface area contributed by atoms with Crippen LogP contribution in [0.2, 0.25) is 0 Å². The summed E-state index contributed by atoms with van der Waals surface area (Å²) in [7, 11) is 0. The third-order valence-electron chi connectivity index (χ3n) is 1.38. The maximum absolute atomic E-state index is 5.33. The molecular formula is C10H18OS2. The van der Waals surface area contributed by atoms with E-state index >= 15 is 0 Å². The van der Waals surface area contributed by atoms with Crippen LogP contribution in [-0.4, -0.2) is 10.1 Å². The molecule has 0 bridgehead atoms. The third-order valence-corrected chi connectivity index (χ3v) is 1.88. The molecule has 0 aliphatic heterocycles. The Morgan fingerprint density at radius 1 is 0.923 bits per heavy atom. The number of hydrogen-bond acceptors (Lipinski definition) is 3. The van der Waals surface area contributed by atoms with E-state index in [0.29, 0.717) is 21.9 Å². The molecule has 0 saturated heterocycles. The largest absolute Gasteiger partial charge is 0.443 e. The molecule has 0 spiro atoms. The lowest BCUT2D eigenvalue weighted by atomic mass is 10.1. The molecule has 0 unspecified atom stereocenters. The molecule has 0 saturated carbocycles. The Bertz CT molecular complexity index is 165. The van der Waals surface area contributed by atoms with Crippen molar-refractivity contribution >= 4 is 34.5 Å². The maximum atomic E-state index is 5.33. The lowest BCUT2D eigenvalue weighted by Gasteiger charge is -2.10. The molecule has 0 radical (unpaired) electrons. The average molecular weight is 218 g/mol. The molecule has 0 N–H and O–H groups in total. The van der Waals surface area contributed by atoms with Crippen molar-refractivity contribution in [3.05, 3.63) is 0 Å². The fourth-order valence-electron chi connectivity index (χ4n) is 0.877. The molecule has 0 rings (SSSR count). The zero-order chi connectivity index (χ0) is 10.4.